The minimum absolute atomic E-state index is 0.188. The molecule has 2 aliphatic rings. The van der Waals surface area contributed by atoms with Crippen LogP contribution in [0.25, 0.3) is 0 Å². The monoisotopic (exact) mass is 473 g/mol. The summed E-state index contributed by atoms with van der Waals surface area (Å²) in [5.74, 6) is -0.512. The Labute approximate surface area is 197 Å². The predicted octanol–water partition coefficient (Wildman–Crippen LogP) is 3.38. The summed E-state index contributed by atoms with van der Waals surface area (Å²) in [6.45, 7) is 0.469. The number of hydrogen-bond acceptors (Lipinski definition) is 6. The topological polar surface area (TPSA) is 96.3 Å². The molecule has 2 N–H and O–H groups in total. The number of ether oxygens (including phenoxy) is 2. The van der Waals surface area contributed by atoms with Crippen molar-refractivity contribution in [2.75, 3.05) is 13.7 Å². The molecule has 0 bridgehead atoms. The van der Waals surface area contributed by atoms with Crippen molar-refractivity contribution < 1.29 is 29.3 Å². The number of benzene rings is 2. The highest BCUT2D eigenvalue weighted by Gasteiger charge is 2.41. The molecule has 0 aliphatic carbocycles. The zero-order chi connectivity index (χ0) is 23.5. The normalized spacial score (nSPS) is 25.1. The van der Waals surface area contributed by atoms with Crippen molar-refractivity contribution in [3.8, 4) is 5.75 Å². The fraction of sp³-hybridized carbons (Fsp3) is 0.440. The molecule has 4 rings (SSSR count). The molecular weight excluding hydrogens is 446 g/mol. The maximum Gasteiger partial charge on any atom is 0.328 e. The van der Waals surface area contributed by atoms with E-state index in [0.717, 1.165) is 23.1 Å². The van der Waals surface area contributed by atoms with E-state index < -0.39 is 30.3 Å². The van der Waals surface area contributed by atoms with Gasteiger partial charge in [-0.05, 0) is 54.2 Å². The lowest BCUT2D eigenvalue weighted by Gasteiger charge is -2.35. The zero-order valence-corrected chi connectivity index (χ0v) is 19.2. The summed E-state index contributed by atoms with van der Waals surface area (Å²) >= 11 is 6.43. The molecule has 2 heterocycles. The van der Waals surface area contributed by atoms with E-state index in [-0.39, 0.29) is 18.1 Å². The smallest absolute Gasteiger partial charge is 0.328 e. The molecule has 2 fully saturated rings. The second-order valence-corrected chi connectivity index (χ2v) is 9.05. The Balaban J connectivity index is 1.51. The van der Waals surface area contributed by atoms with Gasteiger partial charge >= 0.3 is 5.97 Å². The van der Waals surface area contributed by atoms with Gasteiger partial charge in [-0.15, -0.1) is 0 Å². The van der Waals surface area contributed by atoms with Crippen LogP contribution in [0.5, 0.6) is 5.75 Å². The third kappa shape index (κ3) is 5.32. The van der Waals surface area contributed by atoms with Crippen molar-refractivity contribution in [1.82, 2.24) is 4.90 Å². The highest BCUT2D eigenvalue weighted by Crippen LogP contribution is 2.35. The predicted molar refractivity (Wildman–Crippen MR) is 122 cm³/mol. The number of esters is 1. The van der Waals surface area contributed by atoms with Gasteiger partial charge in [-0.25, -0.2) is 4.79 Å². The summed E-state index contributed by atoms with van der Waals surface area (Å²) in [6.07, 6.45) is 0.403. The Morgan fingerprint density at radius 3 is 2.67 bits per heavy atom. The van der Waals surface area contributed by atoms with Crippen LogP contribution in [0.4, 0.5) is 0 Å². The molecule has 3 unspecified atom stereocenters. The highest BCUT2D eigenvalue weighted by molar-refractivity contribution is 6.31. The fourth-order valence-corrected chi connectivity index (χ4v) is 4.82. The van der Waals surface area contributed by atoms with Crippen LogP contribution in [0.15, 0.2) is 42.5 Å². The number of methoxy groups -OCH3 is 1. The number of aliphatic hydroxyl groups excluding tert-OH is 1. The Bertz CT molecular complexity index is 1010. The van der Waals surface area contributed by atoms with Crippen LogP contribution in [0.2, 0.25) is 5.02 Å². The van der Waals surface area contributed by atoms with E-state index in [4.69, 9.17) is 21.1 Å². The van der Waals surface area contributed by atoms with Crippen LogP contribution in [-0.2, 0) is 25.5 Å². The SMILES string of the molecule is COC(=O)[C@@H]1CCCN1C(=O)C1CC(O)CC(c2ccc(Cl)c(Cc3ccc(O)cc3)c2)O1. The van der Waals surface area contributed by atoms with E-state index >= 15 is 0 Å². The molecule has 2 saturated heterocycles. The van der Waals surface area contributed by atoms with E-state index in [1.165, 1.54) is 12.0 Å². The average molecular weight is 474 g/mol. The van der Waals surface area contributed by atoms with Crippen molar-refractivity contribution in [3.05, 3.63) is 64.2 Å². The van der Waals surface area contributed by atoms with E-state index in [1.807, 2.05) is 24.3 Å². The first-order chi connectivity index (χ1) is 15.9. The van der Waals surface area contributed by atoms with Crippen molar-refractivity contribution in [3.63, 3.8) is 0 Å². The van der Waals surface area contributed by atoms with Gasteiger partial charge < -0.3 is 24.6 Å². The number of nitrogens with zero attached hydrogens (tertiary/aromatic N) is 1. The number of carbonyl (C=O) groups is 2. The molecule has 8 heteroatoms. The van der Waals surface area contributed by atoms with Crippen LogP contribution in [0, 0.1) is 0 Å². The van der Waals surface area contributed by atoms with E-state index in [0.29, 0.717) is 30.8 Å². The molecule has 0 spiro atoms. The second-order valence-electron chi connectivity index (χ2n) is 8.65. The first-order valence-corrected chi connectivity index (χ1v) is 11.5. The molecule has 2 aliphatic heterocycles. The first kappa shape index (κ1) is 23.5. The highest BCUT2D eigenvalue weighted by atomic mass is 35.5. The Hall–Kier alpha value is -2.61. The molecule has 33 heavy (non-hydrogen) atoms. The maximum atomic E-state index is 13.2. The van der Waals surface area contributed by atoms with Gasteiger partial charge in [0.2, 0.25) is 0 Å². The second kappa shape index (κ2) is 10.1. The lowest BCUT2D eigenvalue weighted by Crippen LogP contribution is -2.49. The number of amides is 1. The molecule has 4 atom stereocenters. The van der Waals surface area contributed by atoms with E-state index in [1.54, 1.807) is 18.2 Å². The van der Waals surface area contributed by atoms with E-state index in [9.17, 15) is 19.8 Å². The van der Waals surface area contributed by atoms with Gasteiger partial charge in [0.1, 0.15) is 17.9 Å². The number of likely N-dealkylation sites (tertiary alicyclic amines) is 1. The molecule has 7 nitrogen and oxygen atoms in total. The van der Waals surface area contributed by atoms with Crippen LogP contribution >= 0.6 is 11.6 Å². The summed E-state index contributed by atoms with van der Waals surface area (Å²) in [7, 11) is 1.32. The number of aromatic hydroxyl groups is 1. The molecule has 0 saturated carbocycles. The van der Waals surface area contributed by atoms with Crippen LogP contribution in [0.3, 0.4) is 0 Å². The van der Waals surface area contributed by atoms with Crippen molar-refractivity contribution in [2.24, 2.45) is 0 Å². The number of phenols is 1. The Kier molecular flexibility index (Phi) is 7.22. The quantitative estimate of drug-likeness (QED) is 0.646. The summed E-state index contributed by atoms with van der Waals surface area (Å²) in [5.41, 5.74) is 2.71. The molecule has 2 aromatic carbocycles. The number of carbonyl (C=O) groups excluding carboxylic acids is 2. The van der Waals surface area contributed by atoms with Gasteiger partial charge in [0, 0.05) is 24.4 Å². The number of halogens is 1. The number of phenolic OH excluding ortho intramolecular Hbond substituents is 1. The summed E-state index contributed by atoms with van der Waals surface area (Å²) < 4.78 is 11.0. The van der Waals surface area contributed by atoms with Gasteiger partial charge in [0.15, 0.2) is 0 Å². The fourth-order valence-electron chi connectivity index (χ4n) is 4.63. The van der Waals surface area contributed by atoms with Crippen molar-refractivity contribution in [1.29, 1.82) is 0 Å². The minimum atomic E-state index is -0.833. The average Bonchev–Trinajstić information content (AvgIpc) is 3.30. The molecule has 0 radical (unpaired) electrons. The summed E-state index contributed by atoms with van der Waals surface area (Å²) in [5, 5.41) is 20.6. The molecule has 1 amide bonds. The van der Waals surface area contributed by atoms with Gasteiger partial charge in [0.05, 0.1) is 19.3 Å². The Morgan fingerprint density at radius 2 is 1.94 bits per heavy atom. The zero-order valence-electron chi connectivity index (χ0n) is 18.4. The number of rotatable bonds is 5. The molecule has 176 valence electrons. The number of hydrogen-bond donors (Lipinski definition) is 2. The van der Waals surface area contributed by atoms with Crippen molar-refractivity contribution in [2.45, 2.75) is 56.5 Å². The van der Waals surface area contributed by atoms with Gasteiger partial charge in [-0.3, -0.25) is 4.79 Å². The largest absolute Gasteiger partial charge is 0.508 e. The molecule has 0 aromatic heterocycles. The number of aliphatic hydroxyl groups is 1. The first-order valence-electron chi connectivity index (χ1n) is 11.1. The molecule has 2 aromatic rings. The standard InChI is InChI=1S/C25H28ClNO6/c1-32-25(31)21-3-2-10-27(21)24(30)23-14-19(29)13-22(33-23)16-6-9-20(26)17(12-16)11-15-4-7-18(28)8-5-15/h4-9,12,19,21-23,28-29H,2-3,10-11,13-14H2,1H3/t19?,21-,22?,23?/m0/s1. The lowest BCUT2D eigenvalue weighted by atomic mass is 9.93. The minimum Gasteiger partial charge on any atom is -0.508 e. The third-order valence-electron chi connectivity index (χ3n) is 6.36. The van der Waals surface area contributed by atoms with Gasteiger partial charge in [-0.1, -0.05) is 35.9 Å². The van der Waals surface area contributed by atoms with Gasteiger partial charge in [-0.2, -0.15) is 0 Å². The summed E-state index contributed by atoms with van der Waals surface area (Å²) in [6, 6.07) is 11.9. The lowest BCUT2D eigenvalue weighted by molar-refractivity contribution is -0.166. The summed E-state index contributed by atoms with van der Waals surface area (Å²) in [4.78, 5) is 26.8. The van der Waals surface area contributed by atoms with E-state index in [2.05, 4.69) is 0 Å². The third-order valence-corrected chi connectivity index (χ3v) is 6.73. The maximum absolute atomic E-state index is 13.2. The van der Waals surface area contributed by atoms with Crippen molar-refractivity contribution >= 4 is 23.5 Å². The van der Waals surface area contributed by atoms with Crippen LogP contribution in [0.1, 0.15) is 48.5 Å². The van der Waals surface area contributed by atoms with Crippen LogP contribution < -0.4 is 0 Å². The Morgan fingerprint density at radius 1 is 1.18 bits per heavy atom. The van der Waals surface area contributed by atoms with Gasteiger partial charge in [0.25, 0.3) is 5.91 Å². The molecular formula is C25H28ClNO6. The van der Waals surface area contributed by atoms with Crippen LogP contribution in [-0.4, -0.2) is 58.9 Å².